The number of benzene rings is 3. The van der Waals surface area contributed by atoms with Gasteiger partial charge in [0.15, 0.2) is 0 Å². The molecule has 0 aliphatic carbocycles. The minimum Gasteiger partial charge on any atom is -0.367 e. The first-order valence-electron chi connectivity index (χ1n) is 9.75. The van der Waals surface area contributed by atoms with Crippen LogP contribution < -0.4 is 10.6 Å². The van der Waals surface area contributed by atoms with Crippen LogP contribution in [-0.2, 0) is 16.8 Å². The Balaban J connectivity index is 1.83. The fourth-order valence-electron chi connectivity index (χ4n) is 4.19. The van der Waals surface area contributed by atoms with Crippen molar-refractivity contribution in [2.75, 3.05) is 11.4 Å². The van der Waals surface area contributed by atoms with E-state index in [0.29, 0.717) is 6.42 Å². The van der Waals surface area contributed by atoms with Crippen LogP contribution in [0.2, 0.25) is 0 Å². The summed E-state index contributed by atoms with van der Waals surface area (Å²) in [6.45, 7) is 0.753. The van der Waals surface area contributed by atoms with Gasteiger partial charge in [-0.2, -0.15) is 0 Å². The highest BCUT2D eigenvalue weighted by Gasteiger charge is 2.46. The molecule has 0 unspecified atom stereocenters. The van der Waals surface area contributed by atoms with Gasteiger partial charge < -0.3 is 10.6 Å². The number of carbonyl (C=O) groups is 1. The van der Waals surface area contributed by atoms with E-state index in [2.05, 4.69) is 45.1 Å². The van der Waals surface area contributed by atoms with Crippen LogP contribution in [0.1, 0.15) is 23.1 Å². The third kappa shape index (κ3) is 3.60. The van der Waals surface area contributed by atoms with Crippen molar-refractivity contribution in [3.8, 4) is 0 Å². The first kappa shape index (κ1) is 19.5. The zero-order valence-corrected chi connectivity index (χ0v) is 17.7. The summed E-state index contributed by atoms with van der Waals surface area (Å²) in [5, 5.41) is 0. The fourth-order valence-corrected chi connectivity index (χ4v) is 4.81. The van der Waals surface area contributed by atoms with Crippen molar-refractivity contribution in [2.45, 2.75) is 18.4 Å². The molecule has 1 amide bonds. The average molecular weight is 447 g/mol. The van der Waals surface area contributed by atoms with Crippen molar-refractivity contribution in [1.29, 1.82) is 0 Å². The van der Waals surface area contributed by atoms with Gasteiger partial charge in [0.1, 0.15) is 5.54 Å². The number of halogens is 1. The minimum atomic E-state index is -0.974. The largest absolute Gasteiger partial charge is 0.367 e. The number of rotatable bonds is 6. The van der Waals surface area contributed by atoms with Gasteiger partial charge in [-0.25, -0.2) is 0 Å². The van der Waals surface area contributed by atoms with Gasteiger partial charge in [-0.15, -0.1) is 0 Å². The van der Waals surface area contributed by atoms with Gasteiger partial charge in [0.2, 0.25) is 5.91 Å². The summed E-state index contributed by atoms with van der Waals surface area (Å²) in [5.74, 6) is -0.348. The average Bonchev–Trinajstić information content (AvgIpc) is 3.17. The number of nitrogens with two attached hydrogens (primary N) is 1. The summed E-state index contributed by atoms with van der Waals surface area (Å²) in [4.78, 5) is 15.3. The van der Waals surface area contributed by atoms with E-state index in [0.717, 1.165) is 34.3 Å². The third-order valence-electron chi connectivity index (χ3n) is 5.60. The van der Waals surface area contributed by atoms with E-state index in [1.54, 1.807) is 0 Å². The van der Waals surface area contributed by atoms with Gasteiger partial charge in [-0.1, -0.05) is 94.8 Å². The Labute approximate surface area is 180 Å². The summed E-state index contributed by atoms with van der Waals surface area (Å²) in [7, 11) is 0. The van der Waals surface area contributed by atoms with Crippen molar-refractivity contribution < 1.29 is 4.79 Å². The molecule has 1 aliphatic rings. The molecule has 29 heavy (non-hydrogen) atoms. The molecule has 3 aromatic carbocycles. The summed E-state index contributed by atoms with van der Waals surface area (Å²) in [5.41, 5.74) is 9.49. The molecule has 0 saturated heterocycles. The topological polar surface area (TPSA) is 46.3 Å². The Hall–Kier alpha value is -2.85. The summed E-state index contributed by atoms with van der Waals surface area (Å²) >= 11 is 3.67. The molecule has 3 nitrogen and oxygen atoms in total. The van der Waals surface area contributed by atoms with Gasteiger partial charge in [-0.3, -0.25) is 4.79 Å². The van der Waals surface area contributed by atoms with Gasteiger partial charge >= 0.3 is 0 Å². The maximum Gasteiger partial charge on any atom is 0.248 e. The molecule has 0 aromatic heterocycles. The molecule has 4 rings (SSSR count). The van der Waals surface area contributed by atoms with Crippen LogP contribution >= 0.6 is 15.9 Å². The number of fused-ring (bicyclic) bond motifs is 1. The smallest absolute Gasteiger partial charge is 0.248 e. The van der Waals surface area contributed by atoms with E-state index in [1.165, 1.54) is 5.56 Å². The molecule has 146 valence electrons. The van der Waals surface area contributed by atoms with Gasteiger partial charge in [0.25, 0.3) is 0 Å². The van der Waals surface area contributed by atoms with Crippen LogP contribution in [0, 0.1) is 0 Å². The maximum atomic E-state index is 13.1. The van der Waals surface area contributed by atoms with Crippen molar-refractivity contribution >= 4 is 33.6 Å². The number of hydrogen-bond donors (Lipinski definition) is 1. The highest BCUT2D eigenvalue weighted by atomic mass is 79.9. The van der Waals surface area contributed by atoms with E-state index in [9.17, 15) is 4.79 Å². The molecule has 1 heterocycles. The van der Waals surface area contributed by atoms with Crippen molar-refractivity contribution in [3.05, 3.63) is 106 Å². The molecular formula is C25H23BrN2O. The van der Waals surface area contributed by atoms with E-state index in [4.69, 9.17) is 5.73 Å². The second kappa shape index (κ2) is 8.26. The molecule has 1 atom stereocenters. The van der Waals surface area contributed by atoms with Crippen molar-refractivity contribution in [3.63, 3.8) is 0 Å². The van der Waals surface area contributed by atoms with Crippen LogP contribution in [0.3, 0.4) is 0 Å². The number of nitrogens with zero attached hydrogens (tertiary/aromatic N) is 1. The second-order valence-corrected chi connectivity index (χ2v) is 8.11. The van der Waals surface area contributed by atoms with Crippen molar-refractivity contribution in [1.82, 2.24) is 0 Å². The highest BCUT2D eigenvalue weighted by molar-refractivity contribution is 9.10. The normalized spacial score (nSPS) is 15.3. The fraction of sp³-hybridized carbons (Fsp3) is 0.160. The first-order valence-corrected chi connectivity index (χ1v) is 10.5. The lowest BCUT2D eigenvalue weighted by Crippen LogP contribution is -2.55. The lowest BCUT2D eigenvalue weighted by Gasteiger charge is -2.41. The SMILES string of the molecule is NC(=O)[C@@](C/C=C/c1ccccc1)(c1ccccc1Br)N1CCc2ccccc21. The Morgan fingerprint density at radius 1 is 1.00 bits per heavy atom. The van der Waals surface area contributed by atoms with Crippen LogP contribution in [-0.4, -0.2) is 12.5 Å². The number of hydrogen-bond acceptors (Lipinski definition) is 2. The molecule has 0 fully saturated rings. The predicted molar refractivity (Wildman–Crippen MR) is 123 cm³/mol. The molecule has 4 heteroatoms. The molecule has 0 spiro atoms. The minimum absolute atomic E-state index is 0.348. The number of primary amides is 1. The lowest BCUT2D eigenvalue weighted by molar-refractivity contribution is -0.123. The third-order valence-corrected chi connectivity index (χ3v) is 6.29. The number of anilines is 1. The predicted octanol–water partition coefficient (Wildman–Crippen LogP) is 5.30. The lowest BCUT2D eigenvalue weighted by atomic mass is 9.83. The van der Waals surface area contributed by atoms with E-state index >= 15 is 0 Å². The second-order valence-electron chi connectivity index (χ2n) is 7.25. The summed E-state index contributed by atoms with van der Waals surface area (Å²) < 4.78 is 0.885. The summed E-state index contributed by atoms with van der Waals surface area (Å²) in [6.07, 6.45) is 5.49. The Bertz CT molecular complexity index is 1050. The van der Waals surface area contributed by atoms with Crippen LogP contribution in [0.4, 0.5) is 5.69 Å². The molecule has 3 aromatic rings. The van der Waals surface area contributed by atoms with E-state index in [1.807, 2.05) is 66.7 Å². The van der Waals surface area contributed by atoms with Crippen LogP contribution in [0.15, 0.2) is 89.4 Å². The molecular weight excluding hydrogens is 424 g/mol. The Morgan fingerprint density at radius 3 is 2.45 bits per heavy atom. The quantitative estimate of drug-likeness (QED) is 0.558. The molecule has 0 saturated carbocycles. The van der Waals surface area contributed by atoms with Gasteiger partial charge in [-0.05, 0) is 29.7 Å². The summed E-state index contributed by atoms with van der Waals surface area (Å²) in [6, 6.07) is 26.2. The number of para-hydroxylation sites is 1. The van der Waals surface area contributed by atoms with E-state index in [-0.39, 0.29) is 5.91 Å². The van der Waals surface area contributed by atoms with Crippen LogP contribution in [0.5, 0.6) is 0 Å². The number of carbonyl (C=O) groups excluding carboxylic acids is 1. The van der Waals surface area contributed by atoms with Gasteiger partial charge in [0, 0.05) is 28.7 Å². The standard InChI is InChI=1S/C25H23BrN2O/c26-22-14-6-5-13-21(22)25(24(27)29,17-8-11-19-9-2-1-3-10-19)28-18-16-20-12-4-7-15-23(20)28/h1-15H,16-18H2,(H2,27,29)/b11-8+/t25-/m1/s1. The van der Waals surface area contributed by atoms with Crippen molar-refractivity contribution in [2.24, 2.45) is 5.73 Å². The van der Waals surface area contributed by atoms with E-state index < -0.39 is 5.54 Å². The highest BCUT2D eigenvalue weighted by Crippen LogP contribution is 2.43. The Kier molecular flexibility index (Phi) is 5.54. The molecule has 0 bridgehead atoms. The first-order chi connectivity index (χ1) is 14.1. The van der Waals surface area contributed by atoms with Crippen LogP contribution in [0.25, 0.3) is 6.08 Å². The zero-order chi connectivity index (χ0) is 20.3. The molecule has 2 N–H and O–H groups in total. The maximum absolute atomic E-state index is 13.1. The number of amides is 1. The molecule has 1 aliphatic heterocycles. The zero-order valence-electron chi connectivity index (χ0n) is 16.1. The Morgan fingerprint density at radius 2 is 1.69 bits per heavy atom. The monoisotopic (exact) mass is 446 g/mol. The molecule has 0 radical (unpaired) electrons. The van der Waals surface area contributed by atoms with Gasteiger partial charge in [0.05, 0.1) is 0 Å².